The fourth-order valence-electron chi connectivity index (χ4n) is 1.96. The third kappa shape index (κ3) is 4.19. The van der Waals surface area contributed by atoms with Crippen molar-refractivity contribution in [2.75, 3.05) is 6.54 Å². The zero-order chi connectivity index (χ0) is 15.4. The van der Waals surface area contributed by atoms with E-state index in [1.165, 1.54) is 12.1 Å². The predicted octanol–water partition coefficient (Wildman–Crippen LogP) is 5.70. The number of halogens is 3. The SMILES string of the molecule is CCNC(C)c1ccc(Oc2ccc(F)c(Cl)c2)c(Br)c1. The lowest BCUT2D eigenvalue weighted by atomic mass is 10.1. The number of rotatable bonds is 5. The molecule has 2 nitrogen and oxygen atoms in total. The molecule has 0 spiro atoms. The van der Waals surface area contributed by atoms with Gasteiger partial charge in [0.25, 0.3) is 0 Å². The van der Waals surface area contributed by atoms with E-state index in [-0.39, 0.29) is 11.1 Å². The molecule has 1 N–H and O–H groups in total. The molecule has 0 saturated carbocycles. The molecular weight excluding hydrogens is 357 g/mol. The van der Waals surface area contributed by atoms with Gasteiger partial charge in [-0.1, -0.05) is 24.6 Å². The summed E-state index contributed by atoms with van der Waals surface area (Å²) < 4.78 is 19.7. The van der Waals surface area contributed by atoms with Crippen molar-refractivity contribution in [3.63, 3.8) is 0 Å². The molecule has 0 fully saturated rings. The summed E-state index contributed by atoms with van der Waals surface area (Å²) in [6.45, 7) is 5.08. The fraction of sp³-hybridized carbons (Fsp3) is 0.250. The van der Waals surface area contributed by atoms with Gasteiger partial charge in [0.15, 0.2) is 0 Å². The van der Waals surface area contributed by atoms with Crippen molar-refractivity contribution in [3.8, 4) is 11.5 Å². The van der Waals surface area contributed by atoms with E-state index in [1.807, 2.05) is 18.2 Å². The first-order valence-electron chi connectivity index (χ1n) is 6.67. The highest BCUT2D eigenvalue weighted by Crippen LogP contribution is 2.33. The van der Waals surface area contributed by atoms with E-state index in [1.54, 1.807) is 6.07 Å². The lowest BCUT2D eigenvalue weighted by molar-refractivity contribution is 0.477. The third-order valence-corrected chi connectivity index (χ3v) is 3.99. The topological polar surface area (TPSA) is 21.3 Å². The summed E-state index contributed by atoms with van der Waals surface area (Å²) in [5.74, 6) is 0.692. The van der Waals surface area contributed by atoms with Gasteiger partial charge >= 0.3 is 0 Å². The average Bonchev–Trinajstić information content (AvgIpc) is 2.45. The van der Waals surface area contributed by atoms with Crippen LogP contribution in [-0.4, -0.2) is 6.54 Å². The third-order valence-electron chi connectivity index (χ3n) is 3.09. The Morgan fingerprint density at radius 1 is 1.29 bits per heavy atom. The van der Waals surface area contributed by atoms with Crippen LogP contribution in [0.5, 0.6) is 11.5 Å². The Kier molecular flexibility index (Phi) is 5.62. The van der Waals surface area contributed by atoms with Crippen molar-refractivity contribution in [2.24, 2.45) is 0 Å². The van der Waals surface area contributed by atoms with E-state index in [9.17, 15) is 4.39 Å². The number of ether oxygens (including phenoxy) is 1. The highest BCUT2D eigenvalue weighted by Gasteiger charge is 2.09. The van der Waals surface area contributed by atoms with Gasteiger partial charge in [-0.15, -0.1) is 0 Å². The van der Waals surface area contributed by atoms with Crippen LogP contribution in [0.2, 0.25) is 5.02 Å². The van der Waals surface area contributed by atoms with Crippen LogP contribution in [0.3, 0.4) is 0 Å². The maximum absolute atomic E-state index is 13.1. The van der Waals surface area contributed by atoms with Crippen LogP contribution in [0, 0.1) is 5.82 Å². The van der Waals surface area contributed by atoms with Crippen molar-refractivity contribution >= 4 is 27.5 Å². The van der Waals surface area contributed by atoms with Crippen LogP contribution in [0.25, 0.3) is 0 Å². The molecule has 21 heavy (non-hydrogen) atoms. The van der Waals surface area contributed by atoms with Crippen molar-refractivity contribution in [3.05, 3.63) is 57.3 Å². The highest BCUT2D eigenvalue weighted by molar-refractivity contribution is 9.10. The first-order chi connectivity index (χ1) is 10.0. The first kappa shape index (κ1) is 16.3. The Balaban J connectivity index is 2.19. The molecule has 0 saturated heterocycles. The number of hydrogen-bond donors (Lipinski definition) is 1. The van der Waals surface area contributed by atoms with E-state index in [0.29, 0.717) is 11.5 Å². The molecule has 1 unspecified atom stereocenters. The van der Waals surface area contributed by atoms with E-state index in [0.717, 1.165) is 16.6 Å². The van der Waals surface area contributed by atoms with E-state index in [4.69, 9.17) is 16.3 Å². The molecule has 1 atom stereocenters. The molecular formula is C16H16BrClFNO. The molecule has 2 rings (SSSR count). The van der Waals surface area contributed by atoms with Crippen LogP contribution < -0.4 is 10.1 Å². The van der Waals surface area contributed by atoms with Gasteiger partial charge in [-0.3, -0.25) is 0 Å². The molecule has 0 aliphatic carbocycles. The summed E-state index contributed by atoms with van der Waals surface area (Å²) in [7, 11) is 0. The van der Waals surface area contributed by atoms with E-state index < -0.39 is 5.82 Å². The highest BCUT2D eigenvalue weighted by atomic mass is 79.9. The summed E-state index contributed by atoms with van der Waals surface area (Å²) in [5.41, 5.74) is 1.16. The van der Waals surface area contributed by atoms with Crippen LogP contribution in [0.15, 0.2) is 40.9 Å². The molecule has 0 heterocycles. The van der Waals surface area contributed by atoms with Crippen LogP contribution in [0.1, 0.15) is 25.5 Å². The van der Waals surface area contributed by atoms with Gasteiger partial charge in [0.1, 0.15) is 17.3 Å². The Morgan fingerprint density at radius 3 is 2.67 bits per heavy atom. The summed E-state index contributed by atoms with van der Waals surface area (Å²) in [4.78, 5) is 0. The van der Waals surface area contributed by atoms with Gasteiger partial charge in [-0.05, 0) is 59.2 Å². The fourth-order valence-corrected chi connectivity index (χ4v) is 2.61. The number of nitrogens with one attached hydrogen (secondary N) is 1. The summed E-state index contributed by atoms with van der Waals surface area (Å²) >= 11 is 9.24. The monoisotopic (exact) mass is 371 g/mol. The predicted molar refractivity (Wildman–Crippen MR) is 87.7 cm³/mol. The molecule has 0 amide bonds. The molecule has 0 bridgehead atoms. The minimum Gasteiger partial charge on any atom is -0.456 e. The van der Waals surface area contributed by atoms with Gasteiger partial charge in [0, 0.05) is 12.1 Å². The van der Waals surface area contributed by atoms with Crippen LogP contribution in [-0.2, 0) is 0 Å². The van der Waals surface area contributed by atoms with E-state index in [2.05, 4.69) is 35.1 Å². The smallest absolute Gasteiger partial charge is 0.142 e. The first-order valence-corrected chi connectivity index (χ1v) is 7.84. The Labute approximate surface area is 137 Å². The van der Waals surface area contributed by atoms with Crippen molar-refractivity contribution in [1.82, 2.24) is 5.32 Å². The van der Waals surface area contributed by atoms with Gasteiger partial charge in [-0.25, -0.2) is 4.39 Å². The largest absolute Gasteiger partial charge is 0.456 e. The zero-order valence-electron chi connectivity index (χ0n) is 11.8. The van der Waals surface area contributed by atoms with Crippen LogP contribution >= 0.6 is 27.5 Å². The van der Waals surface area contributed by atoms with Gasteiger partial charge < -0.3 is 10.1 Å². The number of hydrogen-bond acceptors (Lipinski definition) is 2. The van der Waals surface area contributed by atoms with Gasteiger partial charge in [0.2, 0.25) is 0 Å². The van der Waals surface area contributed by atoms with Crippen molar-refractivity contribution in [2.45, 2.75) is 19.9 Å². The second-order valence-corrected chi connectivity index (χ2v) is 5.91. The molecule has 0 aliphatic heterocycles. The standard InChI is InChI=1S/C16H16BrClFNO/c1-3-20-10(2)11-4-7-16(13(17)8-11)21-12-5-6-15(19)14(18)9-12/h4-10,20H,3H2,1-2H3. The second-order valence-electron chi connectivity index (χ2n) is 4.65. The minimum atomic E-state index is -0.460. The summed E-state index contributed by atoms with van der Waals surface area (Å²) in [6, 6.07) is 10.4. The summed E-state index contributed by atoms with van der Waals surface area (Å²) in [6.07, 6.45) is 0. The van der Waals surface area contributed by atoms with E-state index >= 15 is 0 Å². The number of benzene rings is 2. The van der Waals surface area contributed by atoms with Gasteiger partial charge in [-0.2, -0.15) is 0 Å². The van der Waals surface area contributed by atoms with Gasteiger partial charge in [0.05, 0.1) is 9.50 Å². The second kappa shape index (κ2) is 7.25. The minimum absolute atomic E-state index is 0.0426. The quantitative estimate of drug-likeness (QED) is 0.726. The maximum Gasteiger partial charge on any atom is 0.142 e. The Hall–Kier alpha value is -1.10. The van der Waals surface area contributed by atoms with Crippen LogP contribution in [0.4, 0.5) is 4.39 Å². The molecule has 0 aliphatic rings. The molecule has 2 aromatic carbocycles. The molecule has 112 valence electrons. The lowest BCUT2D eigenvalue weighted by Crippen LogP contribution is -2.17. The summed E-state index contributed by atoms with van der Waals surface area (Å²) in [5, 5.41) is 3.39. The average molecular weight is 373 g/mol. The lowest BCUT2D eigenvalue weighted by Gasteiger charge is -2.15. The molecule has 0 radical (unpaired) electrons. The van der Waals surface area contributed by atoms with Crippen molar-refractivity contribution < 1.29 is 9.13 Å². The normalized spacial score (nSPS) is 12.2. The maximum atomic E-state index is 13.1. The molecule has 2 aromatic rings. The molecule has 0 aromatic heterocycles. The van der Waals surface area contributed by atoms with Crippen molar-refractivity contribution in [1.29, 1.82) is 0 Å². The Bertz CT molecular complexity index is 636. The molecule has 5 heteroatoms. The zero-order valence-corrected chi connectivity index (χ0v) is 14.1. The Morgan fingerprint density at radius 2 is 2.05 bits per heavy atom.